The monoisotopic (exact) mass is 287 g/mol. The van der Waals surface area contributed by atoms with Gasteiger partial charge in [0.2, 0.25) is 5.95 Å². The molecular weight excluding hydrogens is 270 g/mol. The Bertz CT molecular complexity index is 688. The summed E-state index contributed by atoms with van der Waals surface area (Å²) in [5.74, 6) is 1.34. The molecule has 3 aromatic heterocycles. The van der Waals surface area contributed by atoms with Crippen molar-refractivity contribution in [2.45, 2.75) is 19.9 Å². The van der Waals surface area contributed by atoms with Gasteiger partial charge in [0.05, 0.1) is 12.5 Å². The number of hydrogen-bond donors (Lipinski definition) is 3. The van der Waals surface area contributed by atoms with Gasteiger partial charge in [-0.25, -0.2) is 4.98 Å². The maximum atomic E-state index is 4.46. The Morgan fingerprint density at radius 1 is 1.29 bits per heavy atom. The van der Waals surface area contributed by atoms with Crippen LogP contribution < -0.4 is 10.6 Å². The SMILES string of the molecule is CCNc1nc(NCCCn2ccnn2)c2[nH]cnc2n1. The van der Waals surface area contributed by atoms with Crippen LogP contribution in [0.1, 0.15) is 13.3 Å². The third-order valence-corrected chi connectivity index (χ3v) is 2.95. The fourth-order valence-corrected chi connectivity index (χ4v) is 2.00. The van der Waals surface area contributed by atoms with E-state index in [9.17, 15) is 0 Å². The molecule has 0 aromatic carbocycles. The van der Waals surface area contributed by atoms with Crippen molar-refractivity contribution in [3.8, 4) is 0 Å². The summed E-state index contributed by atoms with van der Waals surface area (Å²) in [5, 5.41) is 14.1. The smallest absolute Gasteiger partial charge is 0.226 e. The third kappa shape index (κ3) is 3.07. The number of imidazole rings is 1. The van der Waals surface area contributed by atoms with Gasteiger partial charge >= 0.3 is 0 Å². The molecule has 110 valence electrons. The molecule has 0 amide bonds. The number of nitrogens with one attached hydrogen (secondary N) is 3. The molecule has 0 aliphatic carbocycles. The Hall–Kier alpha value is -2.71. The van der Waals surface area contributed by atoms with E-state index in [0.717, 1.165) is 37.4 Å². The summed E-state index contributed by atoms with van der Waals surface area (Å²) < 4.78 is 1.80. The molecule has 0 spiro atoms. The van der Waals surface area contributed by atoms with Gasteiger partial charge < -0.3 is 15.6 Å². The van der Waals surface area contributed by atoms with E-state index in [1.165, 1.54) is 0 Å². The Balaban J connectivity index is 1.66. The molecular formula is C12H17N9. The van der Waals surface area contributed by atoms with Gasteiger partial charge in [0.25, 0.3) is 0 Å². The zero-order chi connectivity index (χ0) is 14.5. The van der Waals surface area contributed by atoms with E-state index in [2.05, 4.69) is 40.9 Å². The molecule has 0 atom stereocenters. The van der Waals surface area contributed by atoms with Crippen LogP contribution in [0.2, 0.25) is 0 Å². The number of fused-ring (bicyclic) bond motifs is 1. The summed E-state index contributed by atoms with van der Waals surface area (Å²) in [6.45, 7) is 4.35. The number of hydrogen-bond acceptors (Lipinski definition) is 7. The van der Waals surface area contributed by atoms with Crippen LogP contribution in [-0.2, 0) is 6.54 Å². The van der Waals surface area contributed by atoms with Gasteiger partial charge in [-0.15, -0.1) is 5.10 Å². The van der Waals surface area contributed by atoms with E-state index < -0.39 is 0 Å². The molecule has 0 saturated heterocycles. The van der Waals surface area contributed by atoms with Crippen molar-refractivity contribution in [3.63, 3.8) is 0 Å². The van der Waals surface area contributed by atoms with Gasteiger partial charge in [0.1, 0.15) is 5.52 Å². The highest BCUT2D eigenvalue weighted by Crippen LogP contribution is 2.18. The largest absolute Gasteiger partial charge is 0.368 e. The second-order valence-electron chi connectivity index (χ2n) is 4.47. The number of H-pyrrole nitrogens is 1. The molecule has 0 fully saturated rings. The maximum absolute atomic E-state index is 4.46. The van der Waals surface area contributed by atoms with Crippen molar-refractivity contribution in [2.24, 2.45) is 0 Å². The molecule has 0 aliphatic heterocycles. The highest BCUT2D eigenvalue weighted by molar-refractivity contribution is 5.83. The fraction of sp³-hybridized carbons (Fsp3) is 0.417. The number of aromatic nitrogens is 7. The summed E-state index contributed by atoms with van der Waals surface area (Å²) in [7, 11) is 0. The molecule has 3 rings (SSSR count). The minimum absolute atomic E-state index is 0.580. The van der Waals surface area contributed by atoms with Gasteiger partial charge in [0, 0.05) is 25.8 Å². The summed E-state index contributed by atoms with van der Waals surface area (Å²) >= 11 is 0. The molecule has 0 bridgehead atoms. The number of anilines is 2. The quantitative estimate of drug-likeness (QED) is 0.553. The van der Waals surface area contributed by atoms with E-state index >= 15 is 0 Å². The molecule has 3 N–H and O–H groups in total. The molecule has 9 nitrogen and oxygen atoms in total. The molecule has 0 aliphatic rings. The lowest BCUT2D eigenvalue weighted by Gasteiger charge is -2.08. The molecule has 3 aromatic rings. The van der Waals surface area contributed by atoms with Gasteiger partial charge in [-0.1, -0.05) is 5.21 Å². The number of aromatic amines is 1. The van der Waals surface area contributed by atoms with Gasteiger partial charge in [0.15, 0.2) is 11.5 Å². The van der Waals surface area contributed by atoms with Crippen LogP contribution in [0.5, 0.6) is 0 Å². The minimum atomic E-state index is 0.580. The first kappa shape index (κ1) is 13.3. The Labute approximate surface area is 121 Å². The molecule has 21 heavy (non-hydrogen) atoms. The van der Waals surface area contributed by atoms with Crippen molar-refractivity contribution in [2.75, 3.05) is 23.7 Å². The predicted octanol–water partition coefficient (Wildman–Crippen LogP) is 0.878. The van der Waals surface area contributed by atoms with Gasteiger partial charge in [-0.2, -0.15) is 9.97 Å². The second kappa shape index (κ2) is 6.16. The summed E-state index contributed by atoms with van der Waals surface area (Å²) in [5.41, 5.74) is 1.47. The van der Waals surface area contributed by atoms with Crippen LogP contribution in [0.15, 0.2) is 18.7 Å². The zero-order valence-electron chi connectivity index (χ0n) is 11.7. The highest BCUT2D eigenvalue weighted by Gasteiger charge is 2.08. The second-order valence-corrected chi connectivity index (χ2v) is 4.47. The third-order valence-electron chi connectivity index (χ3n) is 2.95. The van der Waals surface area contributed by atoms with Gasteiger partial charge in [-0.3, -0.25) is 4.68 Å². The molecule has 0 saturated carbocycles. The lowest BCUT2D eigenvalue weighted by Crippen LogP contribution is -2.10. The van der Waals surface area contributed by atoms with E-state index in [1.807, 2.05) is 13.1 Å². The standard InChI is InChI=1S/C12H17N9/c1-2-13-12-18-10(9-11(19-12)16-8-15-9)14-4-3-6-21-7-5-17-20-21/h5,7-8H,2-4,6H2,1H3,(H3,13,14,15,16,18,19). The van der Waals surface area contributed by atoms with Crippen LogP contribution >= 0.6 is 0 Å². The zero-order valence-corrected chi connectivity index (χ0v) is 11.7. The molecule has 9 heteroatoms. The first-order chi connectivity index (χ1) is 10.4. The normalized spacial score (nSPS) is 10.9. The minimum Gasteiger partial charge on any atom is -0.368 e. The topological polar surface area (TPSA) is 109 Å². The van der Waals surface area contributed by atoms with E-state index in [4.69, 9.17) is 0 Å². The van der Waals surface area contributed by atoms with E-state index in [1.54, 1.807) is 17.2 Å². The Morgan fingerprint density at radius 3 is 3.05 bits per heavy atom. The van der Waals surface area contributed by atoms with Crippen LogP contribution in [0, 0.1) is 0 Å². The van der Waals surface area contributed by atoms with Crippen molar-refractivity contribution in [1.29, 1.82) is 0 Å². The van der Waals surface area contributed by atoms with Crippen LogP contribution in [0.25, 0.3) is 11.2 Å². The lowest BCUT2D eigenvalue weighted by molar-refractivity contribution is 0.569. The number of rotatable bonds is 7. The number of aryl methyl sites for hydroxylation is 1. The first-order valence-corrected chi connectivity index (χ1v) is 6.90. The maximum Gasteiger partial charge on any atom is 0.226 e. The van der Waals surface area contributed by atoms with Crippen LogP contribution in [-0.4, -0.2) is 48.0 Å². The van der Waals surface area contributed by atoms with Crippen LogP contribution in [0.4, 0.5) is 11.8 Å². The Kier molecular flexibility index (Phi) is 3.90. The summed E-state index contributed by atoms with van der Waals surface area (Å²) in [6, 6.07) is 0. The van der Waals surface area contributed by atoms with Gasteiger partial charge in [-0.05, 0) is 13.3 Å². The average molecular weight is 287 g/mol. The van der Waals surface area contributed by atoms with E-state index in [-0.39, 0.29) is 0 Å². The lowest BCUT2D eigenvalue weighted by atomic mass is 10.4. The predicted molar refractivity (Wildman–Crippen MR) is 79.0 cm³/mol. The van der Waals surface area contributed by atoms with Crippen molar-refractivity contribution in [1.82, 2.24) is 34.9 Å². The summed E-state index contributed by atoms with van der Waals surface area (Å²) in [6.07, 6.45) is 6.06. The fourth-order valence-electron chi connectivity index (χ4n) is 2.00. The summed E-state index contributed by atoms with van der Waals surface area (Å²) in [4.78, 5) is 16.0. The highest BCUT2D eigenvalue weighted by atomic mass is 15.4. The average Bonchev–Trinajstić information content (AvgIpc) is 3.14. The number of nitrogens with zero attached hydrogens (tertiary/aromatic N) is 6. The van der Waals surface area contributed by atoms with Crippen molar-refractivity contribution < 1.29 is 0 Å². The Morgan fingerprint density at radius 2 is 2.24 bits per heavy atom. The van der Waals surface area contributed by atoms with Crippen molar-refractivity contribution >= 4 is 22.9 Å². The first-order valence-electron chi connectivity index (χ1n) is 6.90. The molecule has 0 radical (unpaired) electrons. The van der Waals surface area contributed by atoms with E-state index in [0.29, 0.717) is 11.6 Å². The van der Waals surface area contributed by atoms with Crippen molar-refractivity contribution in [3.05, 3.63) is 18.7 Å². The van der Waals surface area contributed by atoms with Crippen LogP contribution in [0.3, 0.4) is 0 Å². The molecule has 3 heterocycles. The molecule has 0 unspecified atom stereocenters.